The molecule has 2 heterocycles. The Morgan fingerprint density at radius 3 is 2.67 bits per heavy atom. The van der Waals surface area contributed by atoms with Crippen LogP contribution in [0.5, 0.6) is 0 Å². The predicted molar refractivity (Wildman–Crippen MR) is 125 cm³/mol. The number of halogens is 2. The number of fused-ring (bicyclic) bond motifs is 1. The first-order valence-corrected chi connectivity index (χ1v) is 11.2. The molecule has 30 heavy (non-hydrogen) atoms. The second-order valence-corrected chi connectivity index (χ2v) is 9.37. The van der Waals surface area contributed by atoms with Crippen molar-refractivity contribution < 1.29 is 14.4 Å². The number of carbonyl (C=O) groups excluding carboxylic acids is 3. The van der Waals surface area contributed by atoms with Crippen molar-refractivity contribution in [2.75, 3.05) is 11.4 Å². The first-order valence-electron chi connectivity index (χ1n) is 8.80. The molecule has 0 atom stereocenters. The summed E-state index contributed by atoms with van der Waals surface area (Å²) < 4.78 is 0.923. The van der Waals surface area contributed by atoms with Gasteiger partial charge in [0.1, 0.15) is 0 Å². The quantitative estimate of drug-likeness (QED) is 0.478. The van der Waals surface area contributed by atoms with Gasteiger partial charge in [-0.3, -0.25) is 19.8 Å². The molecule has 6 nitrogen and oxygen atoms in total. The van der Waals surface area contributed by atoms with Crippen LogP contribution < -0.4 is 10.3 Å². The molecule has 10 heteroatoms. The Hall–Kier alpha value is -2.20. The minimum atomic E-state index is -0.549. The number of hydrogen-bond donors (Lipinski definition) is 1. The first kappa shape index (κ1) is 21.0. The molecule has 0 spiro atoms. The Bertz CT molecular complexity index is 1170. The number of hydrogen-bond acceptors (Lipinski definition) is 5. The van der Waals surface area contributed by atoms with Crippen molar-refractivity contribution in [1.29, 1.82) is 0 Å². The fraction of sp³-hybridized carbons (Fsp3) is 0.100. The molecule has 1 N–H and O–H groups in total. The van der Waals surface area contributed by atoms with E-state index in [0.717, 1.165) is 26.9 Å². The van der Waals surface area contributed by atoms with E-state index in [1.165, 1.54) is 6.07 Å². The number of amides is 3. The maximum absolute atomic E-state index is 13.1. The van der Waals surface area contributed by atoms with Crippen LogP contribution in [-0.2, 0) is 9.59 Å². The van der Waals surface area contributed by atoms with Crippen LogP contribution >= 0.6 is 51.5 Å². The van der Waals surface area contributed by atoms with Gasteiger partial charge in [0.15, 0.2) is 4.32 Å². The first-order chi connectivity index (χ1) is 14.3. The summed E-state index contributed by atoms with van der Waals surface area (Å²) in [4.78, 5) is 40.5. The maximum atomic E-state index is 13.1. The number of benzene rings is 2. The van der Waals surface area contributed by atoms with Gasteiger partial charge in [0.2, 0.25) is 0 Å². The van der Waals surface area contributed by atoms with Crippen LogP contribution in [0.2, 0.25) is 5.02 Å². The topological polar surface area (TPSA) is 69.7 Å². The molecule has 0 saturated carbocycles. The van der Waals surface area contributed by atoms with E-state index in [-0.39, 0.29) is 26.3 Å². The molecule has 0 aliphatic carbocycles. The second kappa shape index (κ2) is 8.14. The van der Waals surface area contributed by atoms with E-state index in [1.807, 2.05) is 19.1 Å². The van der Waals surface area contributed by atoms with Gasteiger partial charge in [0.25, 0.3) is 17.7 Å². The Labute approximate surface area is 195 Å². The van der Waals surface area contributed by atoms with E-state index in [0.29, 0.717) is 17.1 Å². The van der Waals surface area contributed by atoms with E-state index in [4.69, 9.17) is 23.8 Å². The van der Waals surface area contributed by atoms with Gasteiger partial charge in [-0.2, -0.15) is 5.01 Å². The van der Waals surface area contributed by atoms with Gasteiger partial charge in [-0.1, -0.05) is 45.4 Å². The van der Waals surface area contributed by atoms with Gasteiger partial charge in [-0.15, -0.1) is 0 Å². The molecule has 2 aliphatic rings. The maximum Gasteiger partial charge on any atom is 0.286 e. The lowest BCUT2D eigenvalue weighted by molar-refractivity contribution is -0.124. The number of likely N-dealkylation sites (N-methyl/N-ethyl adjacent to an activating group) is 1. The molecule has 1 fully saturated rings. The van der Waals surface area contributed by atoms with Gasteiger partial charge in [0.05, 0.1) is 16.2 Å². The van der Waals surface area contributed by atoms with Gasteiger partial charge < -0.3 is 4.90 Å². The lowest BCUT2D eigenvalue weighted by Gasteiger charge is -2.16. The van der Waals surface area contributed by atoms with E-state index < -0.39 is 11.8 Å². The van der Waals surface area contributed by atoms with Crippen molar-refractivity contribution >= 4 is 84.8 Å². The standard InChI is InChI=1S/C20H13BrClN3O3S2/c1-2-24-14-7-6-11(21)9-13(14)15(18(24)27)16-19(28)25(20(29)30-16)23-17(26)10-4-3-5-12(22)8-10/h3-9H,2H2,1H3,(H,23,26)/b16-15-. The molecule has 2 aliphatic heterocycles. The van der Waals surface area contributed by atoms with Crippen molar-refractivity contribution in [2.45, 2.75) is 6.92 Å². The van der Waals surface area contributed by atoms with E-state index in [9.17, 15) is 14.4 Å². The van der Waals surface area contributed by atoms with Crippen LogP contribution in [0.4, 0.5) is 5.69 Å². The summed E-state index contributed by atoms with van der Waals surface area (Å²) in [5.41, 5.74) is 4.46. The molecule has 2 aromatic carbocycles. The molecule has 0 radical (unpaired) electrons. The van der Waals surface area contributed by atoms with Crippen molar-refractivity contribution in [3.63, 3.8) is 0 Å². The van der Waals surface area contributed by atoms with Crippen molar-refractivity contribution in [2.24, 2.45) is 0 Å². The van der Waals surface area contributed by atoms with Crippen LogP contribution in [0.25, 0.3) is 5.57 Å². The summed E-state index contributed by atoms with van der Waals surface area (Å²) in [5.74, 6) is -1.35. The highest BCUT2D eigenvalue weighted by Gasteiger charge is 2.42. The molecule has 1 saturated heterocycles. The molecule has 152 valence electrons. The molecule has 0 bridgehead atoms. The van der Waals surface area contributed by atoms with E-state index in [1.54, 1.807) is 29.2 Å². The average molecular weight is 523 g/mol. The molecule has 4 rings (SSSR count). The highest BCUT2D eigenvalue weighted by Crippen LogP contribution is 2.45. The summed E-state index contributed by atoms with van der Waals surface area (Å²) in [5, 5.41) is 1.39. The Balaban J connectivity index is 1.70. The fourth-order valence-electron chi connectivity index (χ4n) is 3.25. The highest BCUT2D eigenvalue weighted by atomic mass is 79.9. The Morgan fingerprint density at radius 2 is 1.97 bits per heavy atom. The number of rotatable bonds is 3. The number of anilines is 1. The fourth-order valence-corrected chi connectivity index (χ4v) is 5.05. The smallest absolute Gasteiger partial charge is 0.286 e. The minimum Gasteiger partial charge on any atom is -0.308 e. The zero-order chi connectivity index (χ0) is 21.6. The monoisotopic (exact) mass is 521 g/mol. The normalized spacial score (nSPS) is 18.3. The largest absolute Gasteiger partial charge is 0.308 e. The predicted octanol–water partition coefficient (Wildman–Crippen LogP) is 4.39. The molecule has 0 unspecified atom stereocenters. The zero-order valence-corrected chi connectivity index (χ0v) is 19.4. The number of hydrazine groups is 1. The van der Waals surface area contributed by atoms with Crippen LogP contribution in [0, 0.1) is 0 Å². The van der Waals surface area contributed by atoms with Gasteiger partial charge in [-0.05, 0) is 55.5 Å². The molecular weight excluding hydrogens is 510 g/mol. The number of nitrogens with zero attached hydrogens (tertiary/aromatic N) is 2. The van der Waals surface area contributed by atoms with Gasteiger partial charge in [-0.25, -0.2) is 0 Å². The van der Waals surface area contributed by atoms with Crippen LogP contribution in [0.1, 0.15) is 22.8 Å². The van der Waals surface area contributed by atoms with Crippen LogP contribution in [-0.4, -0.2) is 33.6 Å². The van der Waals surface area contributed by atoms with Crippen LogP contribution in [0.15, 0.2) is 51.8 Å². The average Bonchev–Trinajstić information content (AvgIpc) is 3.14. The number of thiocarbonyl (C=S) groups is 1. The Kier molecular flexibility index (Phi) is 5.71. The van der Waals surface area contributed by atoms with Gasteiger partial charge in [0, 0.05) is 27.2 Å². The summed E-state index contributed by atoms with van der Waals surface area (Å²) in [6, 6.07) is 11.8. The third-order valence-corrected chi connectivity index (χ3v) is 6.69. The molecule has 0 aromatic heterocycles. The van der Waals surface area contributed by atoms with Crippen molar-refractivity contribution in [3.05, 3.63) is 68.0 Å². The number of nitrogens with one attached hydrogen (secondary N) is 1. The van der Waals surface area contributed by atoms with Crippen LogP contribution in [0.3, 0.4) is 0 Å². The summed E-state index contributed by atoms with van der Waals surface area (Å²) in [6.45, 7) is 2.33. The zero-order valence-electron chi connectivity index (χ0n) is 15.4. The summed E-state index contributed by atoms with van der Waals surface area (Å²) in [6.07, 6.45) is 0. The van der Waals surface area contributed by atoms with Gasteiger partial charge >= 0.3 is 0 Å². The molecule has 3 amide bonds. The summed E-state index contributed by atoms with van der Waals surface area (Å²) in [7, 11) is 0. The number of carbonyl (C=O) groups is 3. The minimum absolute atomic E-state index is 0.136. The van der Waals surface area contributed by atoms with Crippen molar-refractivity contribution in [1.82, 2.24) is 10.4 Å². The summed E-state index contributed by atoms with van der Waals surface area (Å²) >= 11 is 15.6. The number of thioether (sulfide) groups is 1. The second-order valence-electron chi connectivity index (χ2n) is 6.37. The Morgan fingerprint density at radius 1 is 1.20 bits per heavy atom. The SMILES string of the molecule is CCN1C(=O)/C(=C2\SC(=S)N(NC(=O)c3cccc(Cl)c3)C2=O)c2cc(Br)ccc21. The molecular formula is C20H13BrClN3O3S2. The molecule has 2 aromatic rings. The highest BCUT2D eigenvalue weighted by molar-refractivity contribution is 9.10. The third kappa shape index (κ3) is 3.56. The van der Waals surface area contributed by atoms with E-state index >= 15 is 0 Å². The van der Waals surface area contributed by atoms with Crippen molar-refractivity contribution in [3.8, 4) is 0 Å². The lowest BCUT2D eigenvalue weighted by atomic mass is 10.1. The third-order valence-electron chi connectivity index (χ3n) is 4.59. The van der Waals surface area contributed by atoms with E-state index in [2.05, 4.69) is 21.4 Å². The lowest BCUT2D eigenvalue weighted by Crippen LogP contribution is -2.45.